The minimum Gasteiger partial charge on any atom is -0.447 e. The van der Waals surface area contributed by atoms with Crippen molar-refractivity contribution < 1.29 is 27.5 Å². The summed E-state index contributed by atoms with van der Waals surface area (Å²) in [6, 6.07) is 10.1. The van der Waals surface area contributed by atoms with Gasteiger partial charge in [-0.05, 0) is 91.3 Å². The van der Waals surface area contributed by atoms with Crippen molar-refractivity contribution in [3.8, 4) is 21.0 Å². The van der Waals surface area contributed by atoms with E-state index in [-0.39, 0.29) is 22.8 Å². The number of ether oxygens (including phenoxy) is 2. The molecule has 0 radical (unpaired) electrons. The molecule has 0 bridgehead atoms. The summed E-state index contributed by atoms with van der Waals surface area (Å²) in [7, 11) is -3.98. The molecule has 0 aliphatic heterocycles. The van der Waals surface area contributed by atoms with Crippen LogP contribution >= 0.6 is 11.3 Å². The monoisotopic (exact) mass is 588 g/mol. The molecule has 1 aromatic heterocycles. The first kappa shape index (κ1) is 31.1. The second-order valence-corrected chi connectivity index (χ2v) is 13.5. The second kappa shape index (κ2) is 12.4. The standard InChI is InChI=1S/C28H36N4O6S2/c1-16(2)37-26(33)30-19-9-11-21(18(5)13-19)25-29-15-23(39-25)22-12-10-20(31-27(34)38-17(3)4)14-24(22)40(35,36)32-28(6,7)8/h9-17,32H,1-8H3,(H,30,33)(H,31,34). The summed E-state index contributed by atoms with van der Waals surface area (Å²) in [5.41, 5.74) is 2.28. The predicted molar refractivity (Wildman–Crippen MR) is 158 cm³/mol. The maximum Gasteiger partial charge on any atom is 0.411 e. The number of benzene rings is 2. The van der Waals surface area contributed by atoms with Gasteiger partial charge in [0, 0.05) is 34.2 Å². The number of thiazole rings is 1. The van der Waals surface area contributed by atoms with Crippen molar-refractivity contribution in [2.24, 2.45) is 0 Å². The van der Waals surface area contributed by atoms with Crippen LogP contribution in [0.5, 0.6) is 0 Å². The van der Waals surface area contributed by atoms with E-state index < -0.39 is 27.7 Å². The van der Waals surface area contributed by atoms with Crippen LogP contribution in [0.3, 0.4) is 0 Å². The van der Waals surface area contributed by atoms with Gasteiger partial charge in [-0.15, -0.1) is 11.3 Å². The molecule has 0 aliphatic rings. The number of carbonyl (C=O) groups is 2. The molecular formula is C28H36N4O6S2. The molecule has 0 aliphatic carbocycles. The largest absolute Gasteiger partial charge is 0.447 e. The Balaban J connectivity index is 1.98. The lowest BCUT2D eigenvalue weighted by molar-refractivity contribution is 0.129. The molecule has 3 rings (SSSR count). The zero-order chi connectivity index (χ0) is 29.8. The second-order valence-electron chi connectivity index (χ2n) is 10.8. The van der Waals surface area contributed by atoms with Crippen LogP contribution in [0.4, 0.5) is 21.0 Å². The average molecular weight is 589 g/mol. The summed E-state index contributed by atoms with van der Waals surface area (Å²) < 4.78 is 39.9. The van der Waals surface area contributed by atoms with Crippen molar-refractivity contribution in [3.05, 3.63) is 48.2 Å². The van der Waals surface area contributed by atoms with E-state index in [1.54, 1.807) is 72.9 Å². The fraction of sp³-hybridized carbons (Fsp3) is 0.393. The summed E-state index contributed by atoms with van der Waals surface area (Å²) in [4.78, 5) is 29.3. The molecule has 2 amide bonds. The van der Waals surface area contributed by atoms with Gasteiger partial charge in [0.25, 0.3) is 0 Å². The van der Waals surface area contributed by atoms with Gasteiger partial charge in [-0.1, -0.05) is 6.07 Å². The maximum atomic E-state index is 13.5. The Morgan fingerprint density at radius 3 is 1.90 bits per heavy atom. The first-order valence-corrected chi connectivity index (χ1v) is 15.0. The molecule has 3 aromatic rings. The molecule has 12 heteroatoms. The number of aromatic nitrogens is 1. The Labute approximate surface area is 239 Å². The third-order valence-electron chi connectivity index (χ3n) is 5.12. The van der Waals surface area contributed by atoms with Crippen LogP contribution < -0.4 is 15.4 Å². The van der Waals surface area contributed by atoms with E-state index in [1.165, 1.54) is 17.4 Å². The van der Waals surface area contributed by atoms with Gasteiger partial charge in [0.15, 0.2) is 0 Å². The van der Waals surface area contributed by atoms with Crippen molar-refractivity contribution in [1.29, 1.82) is 0 Å². The molecule has 0 fully saturated rings. The molecule has 2 aromatic carbocycles. The topological polar surface area (TPSA) is 136 Å². The highest BCUT2D eigenvalue weighted by atomic mass is 32.2. The number of sulfonamides is 1. The van der Waals surface area contributed by atoms with Gasteiger partial charge < -0.3 is 9.47 Å². The SMILES string of the molecule is Cc1cc(NC(=O)OC(C)C)ccc1-c1ncc(-c2ccc(NC(=O)OC(C)C)cc2S(=O)(=O)NC(C)(C)C)s1. The molecule has 10 nitrogen and oxygen atoms in total. The van der Waals surface area contributed by atoms with E-state index >= 15 is 0 Å². The van der Waals surface area contributed by atoms with Crippen molar-refractivity contribution in [3.63, 3.8) is 0 Å². The van der Waals surface area contributed by atoms with Crippen LogP contribution in [0, 0.1) is 6.92 Å². The highest BCUT2D eigenvalue weighted by molar-refractivity contribution is 7.89. The fourth-order valence-corrected chi connectivity index (χ4v) is 6.49. The minimum absolute atomic E-state index is 0.0000864. The predicted octanol–water partition coefficient (Wildman–Crippen LogP) is 6.78. The summed E-state index contributed by atoms with van der Waals surface area (Å²) in [5.74, 6) is 0. The number of aryl methyl sites for hydroxylation is 1. The Morgan fingerprint density at radius 1 is 0.875 bits per heavy atom. The van der Waals surface area contributed by atoms with Crippen LogP contribution in [0.15, 0.2) is 47.5 Å². The number of rotatable bonds is 8. The number of amides is 2. The molecule has 0 unspecified atom stereocenters. The summed E-state index contributed by atoms with van der Waals surface area (Å²) in [5, 5.41) is 5.97. The lowest BCUT2D eigenvalue weighted by Gasteiger charge is -2.22. The van der Waals surface area contributed by atoms with Crippen LogP contribution in [-0.2, 0) is 19.5 Å². The molecule has 216 valence electrons. The lowest BCUT2D eigenvalue weighted by Crippen LogP contribution is -2.40. The Hall–Kier alpha value is -3.48. The van der Waals surface area contributed by atoms with Gasteiger partial charge in [0.2, 0.25) is 10.0 Å². The van der Waals surface area contributed by atoms with E-state index in [1.807, 2.05) is 19.1 Å². The number of anilines is 2. The minimum atomic E-state index is -3.98. The molecule has 1 heterocycles. The summed E-state index contributed by atoms with van der Waals surface area (Å²) in [6.45, 7) is 14.1. The highest BCUT2D eigenvalue weighted by Crippen LogP contribution is 2.38. The summed E-state index contributed by atoms with van der Waals surface area (Å²) in [6.07, 6.45) is -0.160. The third kappa shape index (κ3) is 8.51. The molecular weight excluding hydrogens is 552 g/mol. The Kier molecular flexibility index (Phi) is 9.60. The molecule has 0 saturated carbocycles. The quantitative estimate of drug-likeness (QED) is 0.264. The van der Waals surface area contributed by atoms with E-state index in [2.05, 4.69) is 20.3 Å². The van der Waals surface area contributed by atoms with Crippen molar-refractivity contribution in [2.45, 2.75) is 78.0 Å². The first-order chi connectivity index (χ1) is 18.5. The lowest BCUT2D eigenvalue weighted by atomic mass is 10.1. The number of nitrogens with zero attached hydrogens (tertiary/aromatic N) is 1. The molecule has 40 heavy (non-hydrogen) atoms. The number of hydrogen-bond acceptors (Lipinski definition) is 8. The van der Waals surface area contributed by atoms with E-state index in [4.69, 9.17) is 9.47 Å². The first-order valence-electron chi connectivity index (χ1n) is 12.7. The van der Waals surface area contributed by atoms with E-state index in [9.17, 15) is 18.0 Å². The Morgan fingerprint density at radius 2 is 1.40 bits per heavy atom. The molecule has 0 saturated heterocycles. The molecule has 0 atom stereocenters. The Bertz CT molecular complexity index is 1490. The molecule has 0 spiro atoms. The smallest absolute Gasteiger partial charge is 0.411 e. The van der Waals surface area contributed by atoms with Crippen molar-refractivity contribution in [1.82, 2.24) is 9.71 Å². The van der Waals surface area contributed by atoms with Gasteiger partial charge in [0.05, 0.1) is 22.0 Å². The highest BCUT2D eigenvalue weighted by Gasteiger charge is 2.27. The van der Waals surface area contributed by atoms with Crippen LogP contribution in [0.2, 0.25) is 0 Å². The van der Waals surface area contributed by atoms with Gasteiger partial charge in [-0.25, -0.2) is 27.7 Å². The zero-order valence-electron chi connectivity index (χ0n) is 23.9. The van der Waals surface area contributed by atoms with Crippen molar-refractivity contribution >= 4 is 44.9 Å². The van der Waals surface area contributed by atoms with Crippen LogP contribution in [0.25, 0.3) is 21.0 Å². The van der Waals surface area contributed by atoms with E-state index in [0.29, 0.717) is 21.1 Å². The van der Waals surface area contributed by atoms with Gasteiger partial charge in [0.1, 0.15) is 5.01 Å². The normalized spacial score (nSPS) is 11.9. The fourth-order valence-electron chi connectivity index (χ4n) is 3.71. The number of nitrogens with one attached hydrogen (secondary N) is 3. The van der Waals surface area contributed by atoms with Gasteiger partial charge in [-0.3, -0.25) is 10.6 Å². The third-order valence-corrected chi connectivity index (χ3v) is 7.98. The molecule has 3 N–H and O–H groups in total. The van der Waals surface area contributed by atoms with Crippen molar-refractivity contribution in [2.75, 3.05) is 10.6 Å². The summed E-state index contributed by atoms with van der Waals surface area (Å²) >= 11 is 1.33. The number of hydrogen-bond donors (Lipinski definition) is 3. The van der Waals surface area contributed by atoms with Crippen LogP contribution in [0.1, 0.15) is 54.0 Å². The zero-order valence-corrected chi connectivity index (χ0v) is 25.5. The number of carbonyl (C=O) groups excluding carboxylic acids is 2. The van der Waals surface area contributed by atoms with Crippen LogP contribution in [-0.4, -0.2) is 43.3 Å². The van der Waals surface area contributed by atoms with E-state index in [0.717, 1.165) is 11.1 Å². The maximum absolute atomic E-state index is 13.5. The van der Waals surface area contributed by atoms with Gasteiger partial charge in [-0.2, -0.15) is 0 Å². The average Bonchev–Trinajstić information content (AvgIpc) is 3.26. The van der Waals surface area contributed by atoms with Gasteiger partial charge >= 0.3 is 12.2 Å².